The van der Waals surface area contributed by atoms with Crippen LogP contribution in [0.15, 0.2) is 23.2 Å². The van der Waals surface area contributed by atoms with E-state index in [1.54, 1.807) is 6.07 Å². The zero-order valence-corrected chi connectivity index (χ0v) is 20.7. The van der Waals surface area contributed by atoms with Gasteiger partial charge in [-0.25, -0.2) is 17.5 Å². The van der Waals surface area contributed by atoms with Gasteiger partial charge in [-0.05, 0) is 44.0 Å². The average Bonchev–Trinajstić information content (AvgIpc) is 2.61. The number of nitrogens with one attached hydrogen (secondary N) is 3. The van der Waals surface area contributed by atoms with Gasteiger partial charge < -0.3 is 10.6 Å². The van der Waals surface area contributed by atoms with Crippen molar-refractivity contribution in [2.24, 2.45) is 4.99 Å². The summed E-state index contributed by atoms with van der Waals surface area (Å²) in [7, 11) is -3.21. The Balaban J connectivity index is 0.00000420. The van der Waals surface area contributed by atoms with Gasteiger partial charge in [-0.2, -0.15) is 0 Å². The molecule has 0 aliphatic carbocycles. The van der Waals surface area contributed by atoms with Crippen molar-refractivity contribution in [3.05, 3.63) is 34.6 Å². The molecule has 0 spiro atoms. The molecule has 1 aromatic rings. The van der Waals surface area contributed by atoms with E-state index < -0.39 is 10.0 Å². The summed E-state index contributed by atoms with van der Waals surface area (Å²) in [5.74, 6) is 0.341. The minimum Gasteiger partial charge on any atom is -0.357 e. The molecule has 1 saturated heterocycles. The van der Waals surface area contributed by atoms with Crippen molar-refractivity contribution in [3.63, 3.8) is 0 Å². The lowest BCUT2D eigenvalue weighted by atomic mass is 10.0. The molecular formula is C18H30ClFIN5O2S. The van der Waals surface area contributed by atoms with E-state index in [2.05, 4.69) is 25.2 Å². The van der Waals surface area contributed by atoms with Gasteiger partial charge in [-0.1, -0.05) is 17.7 Å². The zero-order chi connectivity index (χ0) is 20.6. The van der Waals surface area contributed by atoms with Crippen LogP contribution in [0.4, 0.5) is 4.39 Å². The minimum absolute atomic E-state index is 0. The van der Waals surface area contributed by atoms with Crippen LogP contribution in [0.25, 0.3) is 0 Å². The van der Waals surface area contributed by atoms with Crippen molar-refractivity contribution in [2.75, 3.05) is 39.0 Å². The van der Waals surface area contributed by atoms with E-state index in [0.29, 0.717) is 30.6 Å². The smallest absolute Gasteiger partial charge is 0.208 e. The molecule has 0 amide bonds. The Morgan fingerprint density at radius 3 is 2.83 bits per heavy atom. The second kappa shape index (κ2) is 12.9. The summed E-state index contributed by atoms with van der Waals surface area (Å²) in [6, 6.07) is 4.72. The van der Waals surface area contributed by atoms with Crippen LogP contribution in [-0.4, -0.2) is 64.3 Å². The summed E-state index contributed by atoms with van der Waals surface area (Å²) in [6.07, 6.45) is 3.18. The average molecular weight is 562 g/mol. The number of halogens is 3. The number of guanidine groups is 1. The Labute approximate surface area is 194 Å². The topological polar surface area (TPSA) is 85.8 Å². The zero-order valence-electron chi connectivity index (χ0n) is 16.7. The fourth-order valence-electron chi connectivity index (χ4n) is 3.12. The third-order valence-corrected chi connectivity index (χ3v) is 5.43. The molecule has 1 aliphatic heterocycles. The SMILES string of the molecule is CCNC(=NCCNS(C)(=O)=O)NC1CCCN(Cc2ccc(F)cc2Cl)C1.I. The second-order valence-electron chi connectivity index (χ2n) is 6.88. The van der Waals surface area contributed by atoms with Gasteiger partial charge in [0.25, 0.3) is 0 Å². The van der Waals surface area contributed by atoms with Crippen LogP contribution in [0.2, 0.25) is 5.02 Å². The highest BCUT2D eigenvalue weighted by atomic mass is 127. The molecule has 3 N–H and O–H groups in total. The van der Waals surface area contributed by atoms with Gasteiger partial charge in [-0.3, -0.25) is 9.89 Å². The molecule has 0 saturated carbocycles. The maximum absolute atomic E-state index is 13.2. The Kier molecular flexibility index (Phi) is 11.7. The third kappa shape index (κ3) is 10.3. The Morgan fingerprint density at radius 1 is 1.41 bits per heavy atom. The molecule has 1 aliphatic rings. The highest BCUT2D eigenvalue weighted by Gasteiger charge is 2.21. The predicted molar refractivity (Wildman–Crippen MR) is 127 cm³/mol. The van der Waals surface area contributed by atoms with Gasteiger partial charge >= 0.3 is 0 Å². The number of hydrogen-bond acceptors (Lipinski definition) is 4. The van der Waals surface area contributed by atoms with Gasteiger partial charge in [-0.15, -0.1) is 24.0 Å². The highest BCUT2D eigenvalue weighted by molar-refractivity contribution is 14.0. The molecule has 0 radical (unpaired) electrons. The van der Waals surface area contributed by atoms with E-state index in [0.717, 1.165) is 37.8 Å². The van der Waals surface area contributed by atoms with Crippen LogP contribution in [0.5, 0.6) is 0 Å². The number of hydrogen-bond donors (Lipinski definition) is 3. The molecule has 1 fully saturated rings. The third-order valence-electron chi connectivity index (χ3n) is 4.35. The van der Waals surface area contributed by atoms with Crippen molar-refractivity contribution in [1.29, 1.82) is 0 Å². The summed E-state index contributed by atoms with van der Waals surface area (Å²) in [5.41, 5.74) is 0.913. The van der Waals surface area contributed by atoms with Crippen molar-refractivity contribution < 1.29 is 12.8 Å². The first kappa shape index (κ1) is 26.3. The fourth-order valence-corrected chi connectivity index (χ4v) is 3.81. The first-order valence-electron chi connectivity index (χ1n) is 9.42. The van der Waals surface area contributed by atoms with E-state index in [9.17, 15) is 12.8 Å². The number of sulfonamides is 1. The van der Waals surface area contributed by atoms with Gasteiger partial charge in [0.2, 0.25) is 10.0 Å². The first-order valence-corrected chi connectivity index (χ1v) is 11.7. The molecule has 1 unspecified atom stereocenters. The molecule has 7 nitrogen and oxygen atoms in total. The summed E-state index contributed by atoms with van der Waals surface area (Å²) >= 11 is 6.15. The van der Waals surface area contributed by atoms with Crippen LogP contribution in [0, 0.1) is 5.82 Å². The summed E-state index contributed by atoms with van der Waals surface area (Å²) in [5, 5.41) is 7.06. The molecule has 11 heteroatoms. The number of piperidine rings is 1. The lowest BCUT2D eigenvalue weighted by Crippen LogP contribution is -2.51. The molecule has 1 atom stereocenters. The van der Waals surface area contributed by atoms with E-state index >= 15 is 0 Å². The van der Waals surface area contributed by atoms with Crippen LogP contribution in [0.3, 0.4) is 0 Å². The molecule has 1 heterocycles. The summed E-state index contributed by atoms with van der Waals surface area (Å²) < 4.78 is 37.9. The summed E-state index contributed by atoms with van der Waals surface area (Å²) in [6.45, 7) is 5.75. The number of aliphatic imine (C=N–C) groups is 1. The largest absolute Gasteiger partial charge is 0.357 e. The van der Waals surface area contributed by atoms with Crippen LogP contribution in [-0.2, 0) is 16.6 Å². The Morgan fingerprint density at radius 2 is 2.17 bits per heavy atom. The molecule has 2 rings (SSSR count). The quantitative estimate of drug-likeness (QED) is 0.196. The lowest BCUT2D eigenvalue weighted by Gasteiger charge is -2.34. The highest BCUT2D eigenvalue weighted by Crippen LogP contribution is 2.21. The maximum Gasteiger partial charge on any atom is 0.208 e. The molecule has 166 valence electrons. The number of nitrogens with zero attached hydrogens (tertiary/aromatic N) is 2. The molecule has 0 aromatic heterocycles. The van der Waals surface area contributed by atoms with Gasteiger partial charge in [0.05, 0.1) is 12.8 Å². The van der Waals surface area contributed by atoms with Crippen molar-refractivity contribution in [2.45, 2.75) is 32.4 Å². The minimum atomic E-state index is -3.21. The van der Waals surface area contributed by atoms with Gasteiger partial charge in [0.15, 0.2) is 5.96 Å². The monoisotopic (exact) mass is 561 g/mol. The molecular weight excluding hydrogens is 532 g/mol. The van der Waals surface area contributed by atoms with E-state index in [-0.39, 0.29) is 42.4 Å². The molecule has 29 heavy (non-hydrogen) atoms. The van der Waals surface area contributed by atoms with E-state index in [1.807, 2.05) is 6.92 Å². The van der Waals surface area contributed by atoms with E-state index in [4.69, 9.17) is 11.6 Å². The fraction of sp³-hybridized carbons (Fsp3) is 0.611. The van der Waals surface area contributed by atoms with Crippen LogP contribution >= 0.6 is 35.6 Å². The number of benzene rings is 1. The van der Waals surface area contributed by atoms with Gasteiger partial charge in [0, 0.05) is 37.2 Å². The number of likely N-dealkylation sites (tertiary alicyclic amines) is 1. The van der Waals surface area contributed by atoms with Crippen molar-refractivity contribution in [1.82, 2.24) is 20.3 Å². The van der Waals surface area contributed by atoms with Crippen LogP contribution < -0.4 is 15.4 Å². The van der Waals surface area contributed by atoms with E-state index in [1.165, 1.54) is 12.1 Å². The molecule has 1 aromatic carbocycles. The first-order chi connectivity index (χ1) is 13.3. The van der Waals surface area contributed by atoms with Crippen molar-refractivity contribution >= 4 is 51.6 Å². The number of rotatable bonds is 8. The van der Waals surface area contributed by atoms with Crippen molar-refractivity contribution in [3.8, 4) is 0 Å². The predicted octanol–water partition coefficient (Wildman–Crippen LogP) is 2.17. The normalized spacial score (nSPS) is 18.2. The van der Waals surface area contributed by atoms with Gasteiger partial charge in [0.1, 0.15) is 5.82 Å². The maximum atomic E-state index is 13.2. The second-order valence-corrected chi connectivity index (χ2v) is 9.12. The Bertz CT molecular complexity index is 782. The molecule has 0 bridgehead atoms. The summed E-state index contributed by atoms with van der Waals surface area (Å²) in [4.78, 5) is 6.72. The standard InChI is InChI=1S/C18H29ClFN5O2S.HI/c1-3-21-18(22-8-9-23-28(2,26)27)24-16-5-4-10-25(13-16)12-14-6-7-15(20)11-17(14)19;/h6-7,11,16,23H,3-5,8-10,12-13H2,1-2H3,(H2,21,22,24);1H. The Hall–Kier alpha value is -0.690. The van der Waals surface area contributed by atoms with Crippen LogP contribution in [0.1, 0.15) is 25.3 Å². The lowest BCUT2D eigenvalue weighted by molar-refractivity contribution is 0.192.